The minimum absolute atomic E-state index is 0.197. The van der Waals surface area contributed by atoms with Gasteiger partial charge >= 0.3 is 23.9 Å². The van der Waals surface area contributed by atoms with E-state index in [1.165, 1.54) is 11.1 Å². The molecule has 2 aliphatic heterocycles. The van der Waals surface area contributed by atoms with Crippen molar-refractivity contribution in [3.8, 4) is 5.75 Å². The van der Waals surface area contributed by atoms with Gasteiger partial charge in [0, 0.05) is 66.3 Å². The highest BCUT2D eigenvalue weighted by molar-refractivity contribution is 7.99. The molecule has 1 unspecified atom stereocenters. The van der Waals surface area contributed by atoms with Gasteiger partial charge in [0.1, 0.15) is 11.6 Å². The Hall–Kier alpha value is -3.91. The number of nitrogens with zero attached hydrogens (tertiary/aromatic N) is 2. The minimum Gasteiger partial charge on any atom is -0.495 e. The summed E-state index contributed by atoms with van der Waals surface area (Å²) in [5.41, 5.74) is 2.40. The number of hydrogen-bond donors (Lipinski definition) is 4. The molecule has 1 fully saturated rings. The Balaban J connectivity index is 0.000000319. The molecule has 2 aromatic rings. The molecule has 0 saturated carbocycles. The largest absolute Gasteiger partial charge is 0.495 e. The van der Waals surface area contributed by atoms with Crippen molar-refractivity contribution in [2.24, 2.45) is 0 Å². The van der Waals surface area contributed by atoms with Gasteiger partial charge in [-0.25, -0.2) is 23.6 Å². The zero-order valence-corrected chi connectivity index (χ0v) is 24.3. The summed E-state index contributed by atoms with van der Waals surface area (Å²) < 4.78 is 19.3. The first kappa shape index (κ1) is 34.3. The van der Waals surface area contributed by atoms with Gasteiger partial charge in [-0.1, -0.05) is 29.4 Å². The van der Waals surface area contributed by atoms with Gasteiger partial charge in [0.2, 0.25) is 0 Å². The number of carboxylic acids is 4. The van der Waals surface area contributed by atoms with Crippen LogP contribution < -0.4 is 4.74 Å². The van der Waals surface area contributed by atoms with Gasteiger partial charge in [0.15, 0.2) is 0 Å². The molecule has 0 spiro atoms. The SMILES string of the molecule is COc1cc2c(cc1Cl)C(N1CCN(C)CC1)Cc1ccc(F)cc1S2.O=C(O)/C=C/C(=O)O.O=C(O)/C=C/C(=O)O. The summed E-state index contributed by atoms with van der Waals surface area (Å²) in [5.74, 6) is -4.56. The summed E-state index contributed by atoms with van der Waals surface area (Å²) in [6.07, 6.45) is 3.09. The zero-order chi connectivity index (χ0) is 31.4. The fourth-order valence-electron chi connectivity index (χ4n) is 4.03. The Bertz CT molecular complexity index is 1300. The summed E-state index contributed by atoms with van der Waals surface area (Å²) >= 11 is 8.07. The van der Waals surface area contributed by atoms with Crippen LogP contribution in [0.25, 0.3) is 0 Å². The van der Waals surface area contributed by atoms with Crippen LogP contribution in [0.3, 0.4) is 0 Å². The van der Waals surface area contributed by atoms with Crippen LogP contribution in [0.4, 0.5) is 4.39 Å². The Morgan fingerprint density at radius 1 is 0.881 bits per heavy atom. The number of hydrogen-bond acceptors (Lipinski definition) is 8. The Morgan fingerprint density at radius 3 is 1.88 bits per heavy atom. The quantitative estimate of drug-likeness (QED) is 0.343. The lowest BCUT2D eigenvalue weighted by Crippen LogP contribution is -2.46. The Labute approximate surface area is 250 Å². The van der Waals surface area contributed by atoms with Crippen LogP contribution in [0.1, 0.15) is 17.2 Å². The van der Waals surface area contributed by atoms with Gasteiger partial charge in [-0.3, -0.25) is 4.90 Å². The lowest BCUT2D eigenvalue weighted by Gasteiger charge is -2.38. The number of carboxylic acid groups (broad SMARTS) is 4. The van der Waals surface area contributed by atoms with E-state index in [0.29, 0.717) is 35.1 Å². The van der Waals surface area contributed by atoms with Gasteiger partial charge in [-0.2, -0.15) is 0 Å². The lowest BCUT2D eigenvalue weighted by atomic mass is 9.96. The molecule has 14 heteroatoms. The molecule has 1 saturated heterocycles. The van der Waals surface area contributed by atoms with Crippen molar-refractivity contribution < 1.29 is 48.7 Å². The number of likely N-dealkylation sites (N-methyl/N-ethyl adjacent to an activating group) is 1. The Morgan fingerprint density at radius 2 is 1.40 bits per heavy atom. The van der Waals surface area contributed by atoms with Crippen molar-refractivity contribution >= 4 is 47.2 Å². The summed E-state index contributed by atoms with van der Waals surface area (Å²) in [6.45, 7) is 4.15. The number of piperazine rings is 1. The van der Waals surface area contributed by atoms with Crippen LogP contribution in [0.15, 0.2) is 64.4 Å². The molecule has 226 valence electrons. The number of benzene rings is 2. The fraction of sp³-hybridized carbons (Fsp3) is 0.286. The van der Waals surface area contributed by atoms with E-state index in [1.54, 1.807) is 31.0 Å². The predicted molar refractivity (Wildman–Crippen MR) is 153 cm³/mol. The van der Waals surface area contributed by atoms with Crippen molar-refractivity contribution in [2.45, 2.75) is 22.3 Å². The molecule has 2 heterocycles. The van der Waals surface area contributed by atoms with Crippen molar-refractivity contribution in [3.05, 3.63) is 76.6 Å². The van der Waals surface area contributed by atoms with Crippen LogP contribution >= 0.6 is 23.4 Å². The van der Waals surface area contributed by atoms with Crippen molar-refractivity contribution in [1.82, 2.24) is 9.80 Å². The van der Waals surface area contributed by atoms with Crippen LogP contribution in [0.5, 0.6) is 5.75 Å². The third-order valence-electron chi connectivity index (χ3n) is 6.02. The van der Waals surface area contributed by atoms with Crippen LogP contribution in [0, 0.1) is 5.82 Å². The molecule has 0 aliphatic carbocycles. The van der Waals surface area contributed by atoms with E-state index in [2.05, 4.69) is 16.8 Å². The van der Waals surface area contributed by atoms with Crippen LogP contribution in [-0.2, 0) is 25.6 Å². The van der Waals surface area contributed by atoms with Gasteiger partial charge < -0.3 is 30.1 Å². The highest BCUT2D eigenvalue weighted by Crippen LogP contribution is 2.46. The molecule has 1 atom stereocenters. The molecule has 0 radical (unpaired) electrons. The van der Waals surface area contributed by atoms with E-state index >= 15 is 0 Å². The maximum absolute atomic E-state index is 13.8. The first-order chi connectivity index (χ1) is 19.8. The molecule has 42 heavy (non-hydrogen) atoms. The minimum atomic E-state index is -1.26. The molecule has 0 aromatic heterocycles. The standard InChI is InChI=1S/C20H22ClFN2OS.2C4H4O4/c1-23-5-7-24(8-6-23)17-9-13-3-4-14(22)10-19(13)26-20-12-18(25-2)16(21)11-15(17)20;2*5-3(6)1-2-4(7)8/h3-4,10-12,17H,5-9H2,1-2H3;2*1-2H,(H,5,6)(H,7,8)/b;2*2-1+. The van der Waals surface area contributed by atoms with Gasteiger partial charge in [-0.05, 0) is 48.9 Å². The summed E-state index contributed by atoms with van der Waals surface area (Å²) in [7, 11) is 3.79. The molecule has 2 aliphatic rings. The predicted octanol–water partition coefficient (Wildman–Crippen LogP) is 3.91. The average Bonchev–Trinajstić information content (AvgIpc) is 3.07. The van der Waals surface area contributed by atoms with Crippen LogP contribution in [-0.4, -0.2) is 94.4 Å². The number of aliphatic carboxylic acids is 4. The number of ether oxygens (including phenoxy) is 1. The second kappa shape index (κ2) is 16.5. The first-order valence-electron chi connectivity index (χ1n) is 12.3. The number of methoxy groups -OCH3 is 1. The molecular formula is C28H30ClFN2O9S. The molecule has 11 nitrogen and oxygen atoms in total. The molecule has 4 N–H and O–H groups in total. The normalized spacial score (nSPS) is 16.6. The highest BCUT2D eigenvalue weighted by atomic mass is 35.5. The number of carbonyl (C=O) groups is 4. The number of fused-ring (bicyclic) bond motifs is 2. The second-order valence-electron chi connectivity index (χ2n) is 8.96. The maximum atomic E-state index is 13.8. The first-order valence-corrected chi connectivity index (χ1v) is 13.5. The summed E-state index contributed by atoms with van der Waals surface area (Å²) in [4.78, 5) is 45.2. The van der Waals surface area contributed by atoms with Gasteiger partial charge in [0.25, 0.3) is 0 Å². The highest BCUT2D eigenvalue weighted by Gasteiger charge is 2.30. The van der Waals surface area contributed by atoms with E-state index in [9.17, 15) is 23.6 Å². The average molecular weight is 625 g/mol. The molecule has 2 aromatic carbocycles. The smallest absolute Gasteiger partial charge is 0.328 e. The van der Waals surface area contributed by atoms with Crippen molar-refractivity contribution in [1.29, 1.82) is 0 Å². The molecular weight excluding hydrogens is 595 g/mol. The third-order valence-corrected chi connectivity index (χ3v) is 7.49. The summed E-state index contributed by atoms with van der Waals surface area (Å²) in [6, 6.07) is 9.38. The summed E-state index contributed by atoms with van der Waals surface area (Å²) in [5, 5.41) is 31.9. The lowest BCUT2D eigenvalue weighted by molar-refractivity contribution is -0.134. The van der Waals surface area contributed by atoms with Crippen molar-refractivity contribution in [2.75, 3.05) is 40.3 Å². The van der Waals surface area contributed by atoms with E-state index < -0.39 is 23.9 Å². The fourth-order valence-corrected chi connectivity index (χ4v) is 5.45. The molecule has 0 amide bonds. The van der Waals surface area contributed by atoms with Crippen molar-refractivity contribution in [3.63, 3.8) is 0 Å². The van der Waals surface area contributed by atoms with E-state index in [-0.39, 0.29) is 11.9 Å². The third kappa shape index (κ3) is 11.2. The van der Waals surface area contributed by atoms with E-state index in [1.807, 2.05) is 18.2 Å². The monoisotopic (exact) mass is 624 g/mol. The number of rotatable bonds is 6. The molecule has 0 bridgehead atoms. The van der Waals surface area contributed by atoms with Crippen LogP contribution in [0.2, 0.25) is 5.02 Å². The van der Waals surface area contributed by atoms with E-state index in [0.717, 1.165) is 42.4 Å². The maximum Gasteiger partial charge on any atom is 0.328 e. The topological polar surface area (TPSA) is 165 Å². The van der Waals surface area contributed by atoms with Gasteiger partial charge in [-0.15, -0.1) is 0 Å². The number of halogens is 2. The second-order valence-corrected chi connectivity index (χ2v) is 10.4. The zero-order valence-electron chi connectivity index (χ0n) is 22.7. The van der Waals surface area contributed by atoms with E-state index in [4.69, 9.17) is 36.8 Å². The van der Waals surface area contributed by atoms with Gasteiger partial charge in [0.05, 0.1) is 12.1 Å². The Kier molecular flexibility index (Phi) is 13.5. The molecule has 4 rings (SSSR count).